The van der Waals surface area contributed by atoms with Crippen molar-refractivity contribution in [1.82, 2.24) is 9.21 Å². The molecule has 3 rings (SSSR count). The summed E-state index contributed by atoms with van der Waals surface area (Å²) in [4.78, 5) is 14.8. The van der Waals surface area contributed by atoms with Crippen molar-refractivity contribution in [2.75, 3.05) is 32.8 Å². The normalized spacial score (nSPS) is 21.8. The van der Waals surface area contributed by atoms with E-state index in [1.54, 1.807) is 17.0 Å². The van der Waals surface area contributed by atoms with Gasteiger partial charge < -0.3 is 9.64 Å². The van der Waals surface area contributed by atoms with Gasteiger partial charge in [0, 0.05) is 25.2 Å². The Morgan fingerprint density at radius 1 is 1.08 bits per heavy atom. The van der Waals surface area contributed by atoms with Gasteiger partial charge in [-0.15, -0.1) is 0 Å². The summed E-state index contributed by atoms with van der Waals surface area (Å²) in [5, 5.41) is 0. The molecule has 0 N–H and O–H groups in total. The van der Waals surface area contributed by atoms with Gasteiger partial charge in [0.15, 0.2) is 0 Å². The number of benzene rings is 1. The molecule has 2 heterocycles. The first kappa shape index (κ1) is 17.4. The van der Waals surface area contributed by atoms with Crippen LogP contribution in [-0.2, 0) is 14.8 Å². The number of morpholine rings is 1. The average molecular weight is 352 g/mol. The van der Waals surface area contributed by atoms with E-state index in [0.717, 1.165) is 12.8 Å². The maximum Gasteiger partial charge on any atom is 0.254 e. The number of rotatable bonds is 3. The van der Waals surface area contributed by atoms with Crippen molar-refractivity contribution in [3.63, 3.8) is 0 Å². The average Bonchev–Trinajstić information content (AvgIpc) is 3.09. The zero-order valence-electron chi connectivity index (χ0n) is 14.2. The monoisotopic (exact) mass is 352 g/mol. The van der Waals surface area contributed by atoms with Crippen LogP contribution in [0, 0.1) is 0 Å². The zero-order chi connectivity index (χ0) is 17.4. The highest BCUT2D eigenvalue weighted by molar-refractivity contribution is 7.89. The highest BCUT2D eigenvalue weighted by Gasteiger charge is 2.35. The summed E-state index contributed by atoms with van der Waals surface area (Å²) >= 11 is 0. The van der Waals surface area contributed by atoms with E-state index in [9.17, 15) is 13.2 Å². The lowest BCUT2D eigenvalue weighted by molar-refractivity contribution is -0.0370. The third-order valence-corrected chi connectivity index (χ3v) is 6.61. The van der Waals surface area contributed by atoms with Crippen LogP contribution in [0.15, 0.2) is 29.2 Å². The van der Waals surface area contributed by atoms with Gasteiger partial charge in [-0.25, -0.2) is 8.42 Å². The molecule has 2 aliphatic rings. The van der Waals surface area contributed by atoms with Crippen molar-refractivity contribution in [2.45, 2.75) is 37.1 Å². The molecule has 0 unspecified atom stereocenters. The molecular weight excluding hydrogens is 328 g/mol. The van der Waals surface area contributed by atoms with Crippen molar-refractivity contribution in [3.05, 3.63) is 29.8 Å². The molecule has 2 aliphatic heterocycles. The first-order chi connectivity index (χ1) is 11.3. The SMILES string of the molecule is CC1(C)COCCN1C(=O)c1ccc(S(=O)(=O)N2CCCC2)cc1. The van der Waals surface area contributed by atoms with Crippen LogP contribution in [-0.4, -0.2) is 61.9 Å². The van der Waals surface area contributed by atoms with Crippen LogP contribution in [0.1, 0.15) is 37.0 Å². The van der Waals surface area contributed by atoms with Gasteiger partial charge >= 0.3 is 0 Å². The van der Waals surface area contributed by atoms with Crippen molar-refractivity contribution in [2.24, 2.45) is 0 Å². The van der Waals surface area contributed by atoms with Gasteiger partial charge in [0.05, 0.1) is 23.6 Å². The molecule has 6 nitrogen and oxygen atoms in total. The summed E-state index contributed by atoms with van der Waals surface area (Å²) < 4.78 is 32.0. The van der Waals surface area contributed by atoms with Crippen LogP contribution < -0.4 is 0 Å². The van der Waals surface area contributed by atoms with Crippen LogP contribution in [0.4, 0.5) is 0 Å². The molecule has 0 spiro atoms. The molecular formula is C17H24N2O4S. The number of nitrogens with zero attached hydrogens (tertiary/aromatic N) is 2. The first-order valence-corrected chi connectivity index (χ1v) is 9.76. The van der Waals surface area contributed by atoms with E-state index < -0.39 is 10.0 Å². The number of carbonyl (C=O) groups is 1. The van der Waals surface area contributed by atoms with Gasteiger partial charge in [0.25, 0.3) is 5.91 Å². The largest absolute Gasteiger partial charge is 0.377 e. The predicted molar refractivity (Wildman–Crippen MR) is 90.4 cm³/mol. The van der Waals surface area contributed by atoms with Gasteiger partial charge in [-0.3, -0.25) is 4.79 Å². The van der Waals surface area contributed by atoms with Gasteiger partial charge in [0.1, 0.15) is 0 Å². The number of amides is 1. The molecule has 0 saturated carbocycles. The van der Waals surface area contributed by atoms with E-state index in [4.69, 9.17) is 4.74 Å². The standard InChI is InChI=1S/C17H24N2O4S/c1-17(2)13-23-12-11-19(17)16(20)14-5-7-15(8-6-14)24(21,22)18-9-3-4-10-18/h5-8H,3-4,9-13H2,1-2H3. The molecule has 0 aliphatic carbocycles. The third-order valence-electron chi connectivity index (χ3n) is 4.69. The van der Waals surface area contributed by atoms with Crippen molar-refractivity contribution in [3.8, 4) is 0 Å². The van der Waals surface area contributed by atoms with Crippen molar-refractivity contribution < 1.29 is 17.9 Å². The fraction of sp³-hybridized carbons (Fsp3) is 0.588. The Hall–Kier alpha value is -1.44. The summed E-state index contributed by atoms with van der Waals surface area (Å²) in [5.41, 5.74) is 0.140. The van der Waals surface area contributed by atoms with Crippen LogP contribution in [0.3, 0.4) is 0 Å². The number of ether oxygens (including phenoxy) is 1. The molecule has 0 bridgehead atoms. The van der Waals surface area contributed by atoms with Crippen LogP contribution in [0.2, 0.25) is 0 Å². The number of hydrogen-bond donors (Lipinski definition) is 0. The molecule has 0 aromatic heterocycles. The van der Waals surface area contributed by atoms with Gasteiger partial charge in [0.2, 0.25) is 10.0 Å². The lowest BCUT2D eigenvalue weighted by atomic mass is 10.0. The second-order valence-corrected chi connectivity index (χ2v) is 8.90. The molecule has 2 fully saturated rings. The topological polar surface area (TPSA) is 66.9 Å². The van der Waals surface area contributed by atoms with E-state index in [1.807, 2.05) is 13.8 Å². The Labute approximate surface area is 143 Å². The second-order valence-electron chi connectivity index (χ2n) is 6.96. The van der Waals surface area contributed by atoms with E-state index in [2.05, 4.69) is 0 Å². The smallest absolute Gasteiger partial charge is 0.254 e. The fourth-order valence-corrected chi connectivity index (χ4v) is 4.75. The second kappa shape index (κ2) is 6.46. The molecule has 0 radical (unpaired) electrons. The molecule has 1 aromatic rings. The molecule has 1 amide bonds. The summed E-state index contributed by atoms with van der Waals surface area (Å²) in [5.74, 6) is -0.0894. The lowest BCUT2D eigenvalue weighted by Crippen LogP contribution is -2.55. The van der Waals surface area contributed by atoms with Crippen molar-refractivity contribution in [1.29, 1.82) is 0 Å². The number of hydrogen-bond acceptors (Lipinski definition) is 4. The maximum absolute atomic E-state index is 12.7. The summed E-state index contributed by atoms with van der Waals surface area (Å²) in [6.07, 6.45) is 1.81. The van der Waals surface area contributed by atoms with Gasteiger partial charge in [-0.2, -0.15) is 4.31 Å². The van der Waals surface area contributed by atoms with E-state index in [1.165, 1.54) is 16.4 Å². The first-order valence-electron chi connectivity index (χ1n) is 8.32. The van der Waals surface area contributed by atoms with Crippen LogP contribution >= 0.6 is 0 Å². The zero-order valence-corrected chi connectivity index (χ0v) is 15.0. The van der Waals surface area contributed by atoms with E-state index >= 15 is 0 Å². The Kier molecular flexibility index (Phi) is 4.68. The lowest BCUT2D eigenvalue weighted by Gasteiger charge is -2.42. The highest BCUT2D eigenvalue weighted by Crippen LogP contribution is 2.24. The number of sulfonamides is 1. The Balaban J connectivity index is 1.80. The predicted octanol–water partition coefficient (Wildman–Crippen LogP) is 1.72. The van der Waals surface area contributed by atoms with E-state index in [-0.39, 0.29) is 16.3 Å². The maximum atomic E-state index is 12.7. The highest BCUT2D eigenvalue weighted by atomic mass is 32.2. The summed E-state index contributed by atoms with van der Waals surface area (Å²) in [6, 6.07) is 6.29. The van der Waals surface area contributed by atoms with Crippen LogP contribution in [0.5, 0.6) is 0 Å². The Morgan fingerprint density at radius 2 is 1.71 bits per heavy atom. The van der Waals surface area contributed by atoms with Gasteiger partial charge in [-0.1, -0.05) is 0 Å². The quantitative estimate of drug-likeness (QED) is 0.831. The van der Waals surface area contributed by atoms with E-state index in [0.29, 0.717) is 38.4 Å². The minimum atomic E-state index is -3.44. The molecule has 7 heteroatoms. The van der Waals surface area contributed by atoms with Gasteiger partial charge in [-0.05, 0) is 51.0 Å². The minimum Gasteiger partial charge on any atom is -0.377 e. The Bertz CT molecular complexity index is 707. The third kappa shape index (κ3) is 3.20. The molecule has 24 heavy (non-hydrogen) atoms. The molecule has 132 valence electrons. The summed E-state index contributed by atoms with van der Waals surface area (Å²) in [6.45, 7) is 6.65. The molecule has 0 atom stereocenters. The minimum absolute atomic E-state index is 0.0894. The van der Waals surface area contributed by atoms with Crippen LogP contribution in [0.25, 0.3) is 0 Å². The number of carbonyl (C=O) groups excluding carboxylic acids is 1. The summed E-state index contributed by atoms with van der Waals surface area (Å²) in [7, 11) is -3.44. The van der Waals surface area contributed by atoms with Crippen molar-refractivity contribution >= 4 is 15.9 Å². The molecule has 2 saturated heterocycles. The fourth-order valence-electron chi connectivity index (χ4n) is 3.24. The molecule has 1 aromatic carbocycles. The Morgan fingerprint density at radius 3 is 2.29 bits per heavy atom.